The molecule has 0 aliphatic heterocycles. The molecule has 1 unspecified atom stereocenters. The third-order valence-electron chi connectivity index (χ3n) is 3.85. The highest BCUT2D eigenvalue weighted by molar-refractivity contribution is 4.87. The first-order valence-corrected chi connectivity index (χ1v) is 6.68. The van der Waals surface area contributed by atoms with Gasteiger partial charge >= 0.3 is 0 Å². The minimum absolute atomic E-state index is 0.0867. The number of aromatic nitrogens is 4. The van der Waals surface area contributed by atoms with Gasteiger partial charge in [-0.1, -0.05) is 32.6 Å². The van der Waals surface area contributed by atoms with Gasteiger partial charge in [0.1, 0.15) is 0 Å². The van der Waals surface area contributed by atoms with Crippen molar-refractivity contribution in [3.8, 4) is 0 Å². The van der Waals surface area contributed by atoms with Gasteiger partial charge in [-0.3, -0.25) is 0 Å². The van der Waals surface area contributed by atoms with Crippen LogP contribution in [0.25, 0.3) is 0 Å². The SMILES string of the molecule is CC1CCC(CCn2nnnc2C(C)N)CC1. The Balaban J connectivity index is 1.83. The van der Waals surface area contributed by atoms with E-state index in [-0.39, 0.29) is 6.04 Å². The fraction of sp³-hybridized carbons (Fsp3) is 0.917. The molecule has 1 aliphatic carbocycles. The molecule has 1 aromatic rings. The largest absolute Gasteiger partial charge is 0.322 e. The van der Waals surface area contributed by atoms with Gasteiger partial charge in [-0.25, -0.2) is 4.68 Å². The molecule has 0 radical (unpaired) electrons. The minimum Gasteiger partial charge on any atom is -0.322 e. The van der Waals surface area contributed by atoms with Gasteiger partial charge in [-0.05, 0) is 35.6 Å². The predicted octanol–water partition coefficient (Wildman–Crippen LogP) is 1.91. The third-order valence-corrected chi connectivity index (χ3v) is 3.85. The summed E-state index contributed by atoms with van der Waals surface area (Å²) in [5.41, 5.74) is 5.82. The lowest BCUT2D eigenvalue weighted by Crippen LogP contribution is -2.18. The van der Waals surface area contributed by atoms with E-state index >= 15 is 0 Å². The molecule has 0 spiro atoms. The zero-order valence-corrected chi connectivity index (χ0v) is 10.8. The molecular weight excluding hydrogens is 214 g/mol. The molecule has 2 N–H and O–H groups in total. The number of aryl methyl sites for hydroxylation is 1. The number of nitrogens with zero attached hydrogens (tertiary/aromatic N) is 4. The summed E-state index contributed by atoms with van der Waals surface area (Å²) in [5, 5.41) is 11.7. The molecule has 17 heavy (non-hydrogen) atoms. The Hall–Kier alpha value is -0.970. The lowest BCUT2D eigenvalue weighted by molar-refractivity contribution is 0.264. The molecule has 0 saturated heterocycles. The summed E-state index contributed by atoms with van der Waals surface area (Å²) in [7, 11) is 0. The maximum absolute atomic E-state index is 5.82. The highest BCUT2D eigenvalue weighted by atomic mass is 15.5. The maximum atomic E-state index is 5.82. The van der Waals surface area contributed by atoms with Crippen molar-refractivity contribution in [3.05, 3.63) is 5.82 Å². The second kappa shape index (κ2) is 5.58. The van der Waals surface area contributed by atoms with Gasteiger partial charge in [-0.15, -0.1) is 5.10 Å². The second-order valence-electron chi connectivity index (χ2n) is 5.46. The Morgan fingerprint density at radius 1 is 1.35 bits per heavy atom. The third kappa shape index (κ3) is 3.25. The van der Waals surface area contributed by atoms with Crippen LogP contribution in [-0.2, 0) is 6.54 Å². The molecule has 0 bridgehead atoms. The first-order valence-electron chi connectivity index (χ1n) is 6.68. The van der Waals surface area contributed by atoms with Gasteiger partial charge in [-0.2, -0.15) is 0 Å². The topological polar surface area (TPSA) is 69.6 Å². The molecule has 5 nitrogen and oxygen atoms in total. The second-order valence-corrected chi connectivity index (χ2v) is 5.46. The van der Waals surface area contributed by atoms with E-state index in [4.69, 9.17) is 5.73 Å². The van der Waals surface area contributed by atoms with Crippen LogP contribution in [0.1, 0.15) is 57.8 Å². The number of nitrogens with two attached hydrogens (primary N) is 1. The van der Waals surface area contributed by atoms with E-state index in [2.05, 4.69) is 22.4 Å². The van der Waals surface area contributed by atoms with Crippen molar-refractivity contribution in [2.45, 2.75) is 58.5 Å². The summed E-state index contributed by atoms with van der Waals surface area (Å²) in [6.45, 7) is 5.18. The minimum atomic E-state index is -0.0867. The van der Waals surface area contributed by atoms with E-state index in [1.807, 2.05) is 11.6 Å². The van der Waals surface area contributed by atoms with Gasteiger partial charge in [0.15, 0.2) is 5.82 Å². The maximum Gasteiger partial charge on any atom is 0.167 e. The average Bonchev–Trinajstić information content (AvgIpc) is 2.76. The summed E-state index contributed by atoms with van der Waals surface area (Å²) in [4.78, 5) is 0. The fourth-order valence-electron chi connectivity index (χ4n) is 2.62. The van der Waals surface area contributed by atoms with E-state index in [9.17, 15) is 0 Å². The average molecular weight is 237 g/mol. The van der Waals surface area contributed by atoms with Crippen molar-refractivity contribution < 1.29 is 0 Å². The van der Waals surface area contributed by atoms with Crippen LogP contribution >= 0.6 is 0 Å². The van der Waals surface area contributed by atoms with Crippen LogP contribution in [0.3, 0.4) is 0 Å². The highest BCUT2D eigenvalue weighted by Crippen LogP contribution is 2.30. The predicted molar refractivity (Wildman–Crippen MR) is 66.2 cm³/mol. The first-order chi connectivity index (χ1) is 8.16. The Kier molecular flexibility index (Phi) is 4.10. The molecule has 0 aromatic carbocycles. The molecule has 1 fully saturated rings. The van der Waals surface area contributed by atoms with Crippen molar-refractivity contribution in [2.75, 3.05) is 0 Å². The molecule has 5 heteroatoms. The van der Waals surface area contributed by atoms with Gasteiger partial charge < -0.3 is 5.73 Å². The molecule has 96 valence electrons. The van der Waals surface area contributed by atoms with Gasteiger partial charge in [0.2, 0.25) is 0 Å². The molecule has 1 aromatic heterocycles. The van der Waals surface area contributed by atoms with Crippen LogP contribution in [-0.4, -0.2) is 20.2 Å². The zero-order valence-electron chi connectivity index (χ0n) is 10.8. The van der Waals surface area contributed by atoms with E-state index in [1.165, 1.54) is 32.1 Å². The van der Waals surface area contributed by atoms with Gasteiger partial charge in [0, 0.05) is 6.54 Å². The zero-order chi connectivity index (χ0) is 12.3. The number of hydrogen-bond acceptors (Lipinski definition) is 4. The molecule has 1 heterocycles. The smallest absolute Gasteiger partial charge is 0.167 e. The van der Waals surface area contributed by atoms with Crippen molar-refractivity contribution in [2.24, 2.45) is 17.6 Å². The number of hydrogen-bond donors (Lipinski definition) is 1. The Labute approximate surface area is 103 Å². The monoisotopic (exact) mass is 237 g/mol. The van der Waals surface area contributed by atoms with Crippen LogP contribution in [0.15, 0.2) is 0 Å². The molecule has 0 amide bonds. The van der Waals surface area contributed by atoms with Crippen molar-refractivity contribution in [3.63, 3.8) is 0 Å². The highest BCUT2D eigenvalue weighted by Gasteiger charge is 2.19. The van der Waals surface area contributed by atoms with Crippen molar-refractivity contribution in [1.82, 2.24) is 20.2 Å². The van der Waals surface area contributed by atoms with E-state index in [1.54, 1.807) is 0 Å². The summed E-state index contributed by atoms with van der Waals surface area (Å²) in [5.74, 6) is 2.56. The molecule has 1 atom stereocenters. The fourth-order valence-corrected chi connectivity index (χ4v) is 2.62. The Morgan fingerprint density at radius 2 is 2.06 bits per heavy atom. The van der Waals surface area contributed by atoms with E-state index in [0.29, 0.717) is 0 Å². The van der Waals surface area contributed by atoms with Crippen LogP contribution in [0, 0.1) is 11.8 Å². The molecule has 2 rings (SSSR count). The molecule has 1 aliphatic rings. The van der Waals surface area contributed by atoms with Crippen LogP contribution in [0.4, 0.5) is 0 Å². The lowest BCUT2D eigenvalue weighted by Gasteiger charge is -2.26. The molecule has 1 saturated carbocycles. The lowest BCUT2D eigenvalue weighted by atomic mass is 9.81. The number of tetrazole rings is 1. The van der Waals surface area contributed by atoms with Gasteiger partial charge in [0.25, 0.3) is 0 Å². The number of rotatable bonds is 4. The standard InChI is InChI=1S/C12H23N5/c1-9-3-5-11(6-4-9)7-8-17-12(10(2)13)14-15-16-17/h9-11H,3-8,13H2,1-2H3. The first kappa shape index (κ1) is 12.5. The van der Waals surface area contributed by atoms with E-state index in [0.717, 1.165) is 24.2 Å². The van der Waals surface area contributed by atoms with E-state index < -0.39 is 0 Å². The van der Waals surface area contributed by atoms with Crippen LogP contribution < -0.4 is 5.73 Å². The van der Waals surface area contributed by atoms with Gasteiger partial charge in [0.05, 0.1) is 6.04 Å². The normalized spacial score (nSPS) is 27.0. The van der Waals surface area contributed by atoms with Crippen molar-refractivity contribution in [1.29, 1.82) is 0 Å². The quantitative estimate of drug-likeness (QED) is 0.868. The Bertz CT molecular complexity index is 338. The summed E-state index contributed by atoms with van der Waals surface area (Å²) in [6.07, 6.45) is 6.64. The Morgan fingerprint density at radius 3 is 2.71 bits per heavy atom. The van der Waals surface area contributed by atoms with Crippen molar-refractivity contribution >= 4 is 0 Å². The summed E-state index contributed by atoms with van der Waals surface area (Å²) < 4.78 is 1.86. The molecular formula is C12H23N5. The van der Waals surface area contributed by atoms with Crippen LogP contribution in [0.5, 0.6) is 0 Å². The summed E-state index contributed by atoms with van der Waals surface area (Å²) >= 11 is 0. The van der Waals surface area contributed by atoms with Crippen LogP contribution in [0.2, 0.25) is 0 Å². The summed E-state index contributed by atoms with van der Waals surface area (Å²) in [6, 6.07) is -0.0867.